The summed E-state index contributed by atoms with van der Waals surface area (Å²) in [7, 11) is 0. The van der Waals surface area contributed by atoms with Crippen LogP contribution in [0.15, 0.2) is 0 Å². The van der Waals surface area contributed by atoms with Gasteiger partial charge in [-0.15, -0.1) is 0 Å². The van der Waals surface area contributed by atoms with Crippen molar-refractivity contribution in [2.45, 2.75) is 25.6 Å². The highest BCUT2D eigenvalue weighted by Gasteiger charge is 2.28. The molecule has 0 bridgehead atoms. The molecule has 1 fully saturated rings. The number of hydrogen-bond acceptors (Lipinski definition) is 4. The summed E-state index contributed by atoms with van der Waals surface area (Å²) in [6.07, 6.45) is -3.37. The Kier molecular flexibility index (Phi) is 7.14. The third kappa shape index (κ3) is 6.34. The van der Waals surface area contributed by atoms with Gasteiger partial charge in [-0.05, 0) is 6.42 Å². The first-order chi connectivity index (χ1) is 9.33. The van der Waals surface area contributed by atoms with E-state index in [2.05, 4.69) is 14.5 Å². The Hall–Kier alpha value is -0.440. The molecule has 0 saturated carbocycles. The average Bonchev–Trinajstić information content (AvgIpc) is 2.35. The van der Waals surface area contributed by atoms with Crippen LogP contribution in [0.2, 0.25) is 0 Å². The van der Waals surface area contributed by atoms with Crippen LogP contribution < -0.4 is 5.73 Å². The van der Waals surface area contributed by atoms with Crippen molar-refractivity contribution < 1.29 is 17.9 Å². The highest BCUT2D eigenvalue weighted by atomic mass is 32.1. The van der Waals surface area contributed by atoms with Crippen LogP contribution in [0, 0.1) is 0 Å². The van der Waals surface area contributed by atoms with Gasteiger partial charge in [0.15, 0.2) is 0 Å². The van der Waals surface area contributed by atoms with E-state index in [-0.39, 0.29) is 12.6 Å². The molecule has 0 amide bonds. The smallest absolute Gasteiger partial charge is 0.392 e. The lowest BCUT2D eigenvalue weighted by Gasteiger charge is -2.38. The van der Waals surface area contributed by atoms with Gasteiger partial charge in [-0.1, -0.05) is 19.1 Å². The maximum absolute atomic E-state index is 11.9. The molecular weight excluding hydrogens is 291 g/mol. The quantitative estimate of drug-likeness (QED) is 0.566. The Morgan fingerprint density at radius 2 is 1.90 bits per heavy atom. The van der Waals surface area contributed by atoms with E-state index in [9.17, 15) is 13.2 Å². The minimum atomic E-state index is -4.25. The van der Waals surface area contributed by atoms with Gasteiger partial charge in [-0.3, -0.25) is 9.80 Å². The minimum Gasteiger partial charge on any atom is -0.392 e. The number of ether oxygens (including phenoxy) is 1. The molecule has 1 unspecified atom stereocenters. The summed E-state index contributed by atoms with van der Waals surface area (Å²) in [4.78, 5) is 4.84. The number of hydrogen-bond donors (Lipinski definition) is 1. The molecule has 0 aromatic heterocycles. The molecule has 1 aliphatic rings. The van der Waals surface area contributed by atoms with Crippen LogP contribution in [-0.2, 0) is 4.74 Å². The number of halogens is 3. The van der Waals surface area contributed by atoms with E-state index in [1.165, 1.54) is 0 Å². The molecular formula is C12H22F3N3OS. The number of nitrogens with two attached hydrogens (primary N) is 1. The normalized spacial score (nSPS) is 20.0. The predicted octanol–water partition coefficient (Wildman–Crippen LogP) is 1.25. The van der Waals surface area contributed by atoms with Crippen LogP contribution in [-0.4, -0.2) is 72.9 Å². The molecule has 0 radical (unpaired) electrons. The third-order valence-corrected chi connectivity index (χ3v) is 3.65. The second kappa shape index (κ2) is 8.11. The van der Waals surface area contributed by atoms with Gasteiger partial charge in [0.1, 0.15) is 6.61 Å². The van der Waals surface area contributed by atoms with E-state index in [4.69, 9.17) is 18.0 Å². The van der Waals surface area contributed by atoms with Gasteiger partial charge < -0.3 is 10.5 Å². The van der Waals surface area contributed by atoms with E-state index in [0.717, 1.165) is 32.6 Å². The minimum absolute atomic E-state index is 0.103. The Balaban J connectivity index is 2.20. The molecule has 1 saturated heterocycles. The Labute approximate surface area is 123 Å². The van der Waals surface area contributed by atoms with Gasteiger partial charge in [0, 0.05) is 32.7 Å². The van der Waals surface area contributed by atoms with Crippen molar-refractivity contribution in [2.75, 3.05) is 45.9 Å². The van der Waals surface area contributed by atoms with E-state index < -0.39 is 12.8 Å². The van der Waals surface area contributed by atoms with Crippen LogP contribution in [0.25, 0.3) is 0 Å². The fourth-order valence-corrected chi connectivity index (χ4v) is 2.64. The van der Waals surface area contributed by atoms with Crippen LogP contribution in [0.3, 0.4) is 0 Å². The monoisotopic (exact) mass is 313 g/mol. The van der Waals surface area contributed by atoms with Crippen LogP contribution >= 0.6 is 12.2 Å². The zero-order valence-electron chi connectivity index (χ0n) is 11.7. The molecule has 0 aromatic rings. The number of piperazine rings is 1. The first-order valence-electron chi connectivity index (χ1n) is 6.73. The second-order valence-corrected chi connectivity index (χ2v) is 5.34. The van der Waals surface area contributed by atoms with Gasteiger partial charge in [0.05, 0.1) is 17.6 Å². The molecule has 1 atom stereocenters. The van der Waals surface area contributed by atoms with E-state index in [0.29, 0.717) is 11.5 Å². The molecule has 4 nitrogen and oxygen atoms in total. The Morgan fingerprint density at radius 1 is 1.30 bits per heavy atom. The molecule has 0 aliphatic carbocycles. The summed E-state index contributed by atoms with van der Waals surface area (Å²) >= 11 is 5.04. The zero-order valence-corrected chi connectivity index (χ0v) is 12.5. The van der Waals surface area contributed by atoms with Crippen molar-refractivity contribution in [3.05, 3.63) is 0 Å². The van der Waals surface area contributed by atoms with Crippen LogP contribution in [0.1, 0.15) is 13.3 Å². The molecule has 20 heavy (non-hydrogen) atoms. The number of thiocarbonyl (C=S) groups is 1. The van der Waals surface area contributed by atoms with Gasteiger partial charge in [0.25, 0.3) is 0 Å². The Bertz CT molecular complexity index is 307. The Morgan fingerprint density at radius 3 is 2.35 bits per heavy atom. The lowest BCUT2D eigenvalue weighted by molar-refractivity contribution is -0.174. The summed E-state index contributed by atoms with van der Waals surface area (Å²) in [5, 5.41) is 0. The van der Waals surface area contributed by atoms with Gasteiger partial charge in [-0.2, -0.15) is 13.2 Å². The van der Waals surface area contributed by atoms with Crippen LogP contribution in [0.4, 0.5) is 13.2 Å². The van der Waals surface area contributed by atoms with E-state index in [1.807, 2.05) is 6.92 Å². The molecule has 2 N–H and O–H groups in total. The summed E-state index contributed by atoms with van der Waals surface area (Å²) in [6, 6.07) is 0.119. The fraction of sp³-hybridized carbons (Fsp3) is 0.917. The molecule has 1 aliphatic heterocycles. The maximum atomic E-state index is 11.9. The van der Waals surface area contributed by atoms with Gasteiger partial charge in [-0.25, -0.2) is 0 Å². The summed E-state index contributed by atoms with van der Waals surface area (Å²) in [6.45, 7) is 4.75. The SMILES string of the molecule is CCC(C(N)=S)N1CCN(CCOCC(F)(F)F)CC1. The molecule has 0 aromatic carbocycles. The predicted molar refractivity (Wildman–Crippen MR) is 75.8 cm³/mol. The first-order valence-corrected chi connectivity index (χ1v) is 7.14. The standard InChI is InChI=1S/C12H22F3N3OS/c1-2-10(11(16)20)18-5-3-17(4-6-18)7-8-19-9-12(13,14)15/h10H,2-9H2,1H3,(H2,16,20). The topological polar surface area (TPSA) is 41.7 Å². The largest absolute Gasteiger partial charge is 0.411 e. The lowest BCUT2D eigenvalue weighted by Crippen LogP contribution is -2.53. The highest BCUT2D eigenvalue weighted by Crippen LogP contribution is 2.14. The molecule has 8 heteroatoms. The fourth-order valence-electron chi connectivity index (χ4n) is 2.32. The highest BCUT2D eigenvalue weighted by molar-refractivity contribution is 7.80. The van der Waals surface area contributed by atoms with Crippen molar-refractivity contribution in [1.29, 1.82) is 0 Å². The number of nitrogens with zero attached hydrogens (tertiary/aromatic N) is 2. The third-order valence-electron chi connectivity index (χ3n) is 3.38. The summed E-state index contributed by atoms with van der Waals surface area (Å²) < 4.78 is 40.3. The average molecular weight is 313 g/mol. The summed E-state index contributed by atoms with van der Waals surface area (Å²) in [5.74, 6) is 0. The van der Waals surface area contributed by atoms with Gasteiger partial charge >= 0.3 is 6.18 Å². The first kappa shape index (κ1) is 17.6. The van der Waals surface area contributed by atoms with Crippen molar-refractivity contribution in [1.82, 2.24) is 9.80 Å². The van der Waals surface area contributed by atoms with Crippen molar-refractivity contribution in [3.8, 4) is 0 Å². The van der Waals surface area contributed by atoms with Crippen molar-refractivity contribution in [3.63, 3.8) is 0 Å². The van der Waals surface area contributed by atoms with Crippen molar-refractivity contribution >= 4 is 17.2 Å². The van der Waals surface area contributed by atoms with Gasteiger partial charge in [0.2, 0.25) is 0 Å². The molecule has 0 spiro atoms. The number of rotatable bonds is 7. The van der Waals surface area contributed by atoms with E-state index >= 15 is 0 Å². The number of alkyl halides is 3. The summed E-state index contributed by atoms with van der Waals surface area (Å²) in [5.41, 5.74) is 5.70. The van der Waals surface area contributed by atoms with E-state index in [1.54, 1.807) is 0 Å². The maximum Gasteiger partial charge on any atom is 0.411 e. The molecule has 118 valence electrons. The zero-order chi connectivity index (χ0) is 15.2. The lowest BCUT2D eigenvalue weighted by atomic mass is 10.1. The second-order valence-electron chi connectivity index (χ2n) is 4.87. The van der Waals surface area contributed by atoms with Crippen LogP contribution in [0.5, 0.6) is 0 Å². The van der Waals surface area contributed by atoms with Crippen molar-refractivity contribution in [2.24, 2.45) is 5.73 Å². The molecule has 1 rings (SSSR count). The molecule has 1 heterocycles.